The van der Waals surface area contributed by atoms with Crippen LogP contribution in [-0.4, -0.2) is 48.3 Å². The SMILES string of the molecule is Cc1ccc(-c2cc(C(=O)N3CCC(OCCCN)CC3)on2)cc1.Cl. The number of aromatic nitrogens is 1. The summed E-state index contributed by atoms with van der Waals surface area (Å²) >= 11 is 0. The van der Waals surface area contributed by atoms with Gasteiger partial charge in [-0.3, -0.25) is 4.79 Å². The number of piperidine rings is 1. The molecular weight excluding hydrogens is 354 g/mol. The van der Waals surface area contributed by atoms with E-state index in [-0.39, 0.29) is 30.2 Å². The van der Waals surface area contributed by atoms with Crippen molar-refractivity contribution >= 4 is 18.3 Å². The van der Waals surface area contributed by atoms with Gasteiger partial charge in [-0.2, -0.15) is 0 Å². The number of likely N-dealkylation sites (tertiary alicyclic amines) is 1. The van der Waals surface area contributed by atoms with Gasteiger partial charge in [0.05, 0.1) is 6.10 Å². The van der Waals surface area contributed by atoms with Crippen LogP contribution in [0.5, 0.6) is 0 Å². The largest absolute Gasteiger partial charge is 0.378 e. The lowest BCUT2D eigenvalue weighted by molar-refractivity contribution is 0.00744. The first-order valence-corrected chi connectivity index (χ1v) is 8.82. The van der Waals surface area contributed by atoms with E-state index in [0.717, 1.165) is 24.8 Å². The molecule has 142 valence electrons. The quantitative estimate of drug-likeness (QED) is 0.780. The molecule has 0 aliphatic carbocycles. The van der Waals surface area contributed by atoms with E-state index in [4.69, 9.17) is 15.0 Å². The summed E-state index contributed by atoms with van der Waals surface area (Å²) in [5, 5.41) is 4.04. The van der Waals surface area contributed by atoms with Gasteiger partial charge in [-0.25, -0.2) is 0 Å². The number of hydrogen-bond acceptors (Lipinski definition) is 5. The van der Waals surface area contributed by atoms with E-state index >= 15 is 0 Å². The van der Waals surface area contributed by atoms with Gasteiger partial charge in [0.2, 0.25) is 5.76 Å². The second kappa shape index (κ2) is 9.71. The standard InChI is InChI=1S/C19H25N3O3.ClH/c1-14-3-5-15(6-4-14)17-13-18(25-21-17)19(23)22-10-7-16(8-11-22)24-12-2-9-20;/h3-6,13,16H,2,7-12,20H2,1H3;1H. The van der Waals surface area contributed by atoms with E-state index in [9.17, 15) is 4.79 Å². The molecule has 2 heterocycles. The van der Waals surface area contributed by atoms with Gasteiger partial charge in [0.25, 0.3) is 5.91 Å². The summed E-state index contributed by atoms with van der Waals surface area (Å²) < 4.78 is 11.1. The molecule has 6 nitrogen and oxygen atoms in total. The smallest absolute Gasteiger partial charge is 0.292 e. The normalized spacial score (nSPS) is 14.9. The fourth-order valence-electron chi connectivity index (χ4n) is 2.95. The van der Waals surface area contributed by atoms with Crippen molar-refractivity contribution in [3.05, 3.63) is 41.7 Å². The van der Waals surface area contributed by atoms with Crippen LogP contribution < -0.4 is 5.73 Å². The van der Waals surface area contributed by atoms with Crippen molar-refractivity contribution < 1.29 is 14.1 Å². The number of nitrogens with two attached hydrogens (primary N) is 1. The lowest BCUT2D eigenvalue weighted by Gasteiger charge is -2.31. The van der Waals surface area contributed by atoms with Gasteiger partial charge in [0.15, 0.2) is 0 Å². The second-order valence-electron chi connectivity index (χ2n) is 6.45. The molecule has 2 N–H and O–H groups in total. The Hall–Kier alpha value is -1.89. The van der Waals surface area contributed by atoms with Crippen LogP contribution in [0.25, 0.3) is 11.3 Å². The van der Waals surface area contributed by atoms with E-state index in [0.29, 0.717) is 31.9 Å². The van der Waals surface area contributed by atoms with Crippen molar-refractivity contribution in [1.82, 2.24) is 10.1 Å². The third kappa shape index (κ3) is 5.06. The molecule has 1 amide bonds. The summed E-state index contributed by atoms with van der Waals surface area (Å²) in [5.41, 5.74) is 8.28. The van der Waals surface area contributed by atoms with Crippen molar-refractivity contribution in [3.8, 4) is 11.3 Å². The molecule has 0 radical (unpaired) electrons. The van der Waals surface area contributed by atoms with Crippen LogP contribution in [0, 0.1) is 6.92 Å². The average molecular weight is 380 g/mol. The Morgan fingerprint density at radius 3 is 2.65 bits per heavy atom. The maximum Gasteiger partial charge on any atom is 0.292 e. The molecule has 0 unspecified atom stereocenters. The van der Waals surface area contributed by atoms with Gasteiger partial charge in [-0.05, 0) is 32.7 Å². The van der Waals surface area contributed by atoms with Crippen LogP contribution in [0.2, 0.25) is 0 Å². The molecule has 3 rings (SSSR count). The van der Waals surface area contributed by atoms with E-state index in [1.807, 2.05) is 36.1 Å². The Balaban J connectivity index is 0.00000243. The van der Waals surface area contributed by atoms with E-state index in [2.05, 4.69) is 5.16 Å². The molecule has 7 heteroatoms. The van der Waals surface area contributed by atoms with Gasteiger partial charge in [-0.15, -0.1) is 12.4 Å². The number of halogens is 1. The first-order valence-electron chi connectivity index (χ1n) is 8.82. The topological polar surface area (TPSA) is 81.6 Å². The predicted molar refractivity (Wildman–Crippen MR) is 102 cm³/mol. The molecule has 1 aliphatic rings. The van der Waals surface area contributed by atoms with Crippen LogP contribution in [0.15, 0.2) is 34.9 Å². The van der Waals surface area contributed by atoms with E-state index in [1.54, 1.807) is 6.07 Å². The molecule has 1 aliphatic heterocycles. The van der Waals surface area contributed by atoms with Crippen molar-refractivity contribution in [3.63, 3.8) is 0 Å². The third-order valence-electron chi connectivity index (χ3n) is 4.50. The molecule has 1 fully saturated rings. The molecule has 1 aromatic carbocycles. The molecule has 26 heavy (non-hydrogen) atoms. The number of benzene rings is 1. The van der Waals surface area contributed by atoms with Crippen molar-refractivity contribution in [2.75, 3.05) is 26.2 Å². The number of carbonyl (C=O) groups excluding carboxylic acids is 1. The third-order valence-corrected chi connectivity index (χ3v) is 4.50. The highest BCUT2D eigenvalue weighted by Crippen LogP contribution is 2.22. The summed E-state index contributed by atoms with van der Waals surface area (Å²) in [6.07, 6.45) is 2.78. The number of ether oxygens (including phenoxy) is 1. The minimum absolute atomic E-state index is 0. The molecule has 0 bridgehead atoms. The summed E-state index contributed by atoms with van der Waals surface area (Å²) in [7, 11) is 0. The highest BCUT2D eigenvalue weighted by Gasteiger charge is 2.26. The first kappa shape index (κ1) is 20.4. The molecule has 0 atom stereocenters. The highest BCUT2D eigenvalue weighted by molar-refractivity contribution is 5.92. The van der Waals surface area contributed by atoms with Crippen LogP contribution in [0.1, 0.15) is 35.4 Å². The number of nitrogens with zero attached hydrogens (tertiary/aromatic N) is 2. The summed E-state index contributed by atoms with van der Waals surface area (Å²) in [6, 6.07) is 9.70. The fourth-order valence-corrected chi connectivity index (χ4v) is 2.95. The number of carbonyl (C=O) groups is 1. The van der Waals surface area contributed by atoms with Crippen LogP contribution in [-0.2, 0) is 4.74 Å². The van der Waals surface area contributed by atoms with E-state index in [1.165, 1.54) is 5.56 Å². The zero-order chi connectivity index (χ0) is 17.6. The summed E-state index contributed by atoms with van der Waals surface area (Å²) in [4.78, 5) is 14.4. The zero-order valence-electron chi connectivity index (χ0n) is 15.0. The number of rotatable bonds is 6. The van der Waals surface area contributed by atoms with Crippen molar-refractivity contribution in [1.29, 1.82) is 0 Å². The van der Waals surface area contributed by atoms with Gasteiger partial charge < -0.3 is 19.9 Å². The van der Waals surface area contributed by atoms with Gasteiger partial charge in [-0.1, -0.05) is 35.0 Å². The first-order chi connectivity index (χ1) is 12.2. The van der Waals surface area contributed by atoms with E-state index < -0.39 is 0 Å². The summed E-state index contributed by atoms with van der Waals surface area (Å²) in [5.74, 6) is 0.185. The Kier molecular flexibility index (Phi) is 7.63. The Labute approximate surface area is 160 Å². The highest BCUT2D eigenvalue weighted by atomic mass is 35.5. The molecule has 1 aromatic heterocycles. The minimum Gasteiger partial charge on any atom is -0.378 e. The average Bonchev–Trinajstić information content (AvgIpc) is 3.13. The lowest BCUT2D eigenvalue weighted by Crippen LogP contribution is -2.40. The van der Waals surface area contributed by atoms with Crippen LogP contribution in [0.4, 0.5) is 0 Å². The monoisotopic (exact) mass is 379 g/mol. The zero-order valence-corrected chi connectivity index (χ0v) is 15.8. The Morgan fingerprint density at radius 1 is 1.31 bits per heavy atom. The number of amides is 1. The Morgan fingerprint density at radius 2 is 2.00 bits per heavy atom. The molecular formula is C19H26ClN3O3. The maximum absolute atomic E-state index is 12.6. The second-order valence-corrected chi connectivity index (χ2v) is 6.45. The van der Waals surface area contributed by atoms with Gasteiger partial charge in [0, 0.05) is 31.3 Å². The van der Waals surface area contributed by atoms with Gasteiger partial charge >= 0.3 is 0 Å². The lowest BCUT2D eigenvalue weighted by atomic mass is 10.1. The fraction of sp³-hybridized carbons (Fsp3) is 0.474. The van der Waals surface area contributed by atoms with Crippen LogP contribution >= 0.6 is 12.4 Å². The van der Waals surface area contributed by atoms with Crippen molar-refractivity contribution in [2.45, 2.75) is 32.3 Å². The van der Waals surface area contributed by atoms with Gasteiger partial charge in [0.1, 0.15) is 5.69 Å². The van der Waals surface area contributed by atoms with Crippen LogP contribution in [0.3, 0.4) is 0 Å². The minimum atomic E-state index is -0.105. The molecule has 0 spiro atoms. The molecule has 1 saturated heterocycles. The Bertz CT molecular complexity index is 694. The van der Waals surface area contributed by atoms with Crippen molar-refractivity contribution in [2.24, 2.45) is 5.73 Å². The maximum atomic E-state index is 12.6. The number of hydrogen-bond donors (Lipinski definition) is 1. The molecule has 2 aromatic rings. The predicted octanol–water partition coefficient (Wildman–Crippen LogP) is 3.04. The molecule has 0 saturated carbocycles. The summed E-state index contributed by atoms with van der Waals surface area (Å²) in [6.45, 7) is 4.72. The number of aryl methyl sites for hydroxylation is 1.